The van der Waals surface area contributed by atoms with Gasteiger partial charge in [-0.3, -0.25) is 4.79 Å². The number of ketones is 1. The number of allylic oxidation sites excluding steroid dienone is 2. The summed E-state index contributed by atoms with van der Waals surface area (Å²) in [5.41, 5.74) is 2.69. The number of carbonyl (C=O) groups excluding carboxylic acids is 1. The molecule has 1 aromatic carbocycles. The third-order valence-corrected chi connectivity index (χ3v) is 2.07. The van der Waals surface area contributed by atoms with Gasteiger partial charge in [-0.1, -0.05) is 29.8 Å². The summed E-state index contributed by atoms with van der Waals surface area (Å²) in [5, 5.41) is 0. The van der Waals surface area contributed by atoms with Crippen molar-refractivity contribution < 1.29 is 4.79 Å². The fraction of sp³-hybridized carbons (Fsp3) is 0.250. The summed E-state index contributed by atoms with van der Waals surface area (Å²) in [6.45, 7) is 5.70. The molecule has 0 atom stereocenters. The number of hydrogen-bond acceptors (Lipinski definition) is 1. The summed E-state index contributed by atoms with van der Waals surface area (Å²) >= 11 is 0. The van der Waals surface area contributed by atoms with E-state index in [0.717, 1.165) is 16.7 Å². The molecule has 0 N–H and O–H groups in total. The van der Waals surface area contributed by atoms with Crippen LogP contribution < -0.4 is 0 Å². The van der Waals surface area contributed by atoms with Gasteiger partial charge in [0.15, 0.2) is 5.78 Å². The van der Waals surface area contributed by atoms with Gasteiger partial charge >= 0.3 is 0 Å². The average molecular weight is 174 g/mol. The lowest BCUT2D eigenvalue weighted by Crippen LogP contribution is -2.00. The number of hydrogen-bond donors (Lipinski definition) is 0. The lowest BCUT2D eigenvalue weighted by atomic mass is 10.0. The standard InChI is InChI=1S/C12H14O/c1-4-10(3)12(13)11-7-5-6-9(2)8-11/h4-8H,1-3H3. The normalized spacial score (nSPS) is 11.5. The Labute approximate surface area is 79.1 Å². The first kappa shape index (κ1) is 9.72. The third kappa shape index (κ3) is 2.28. The molecule has 1 aromatic rings. The first-order chi connectivity index (χ1) is 6.15. The summed E-state index contributed by atoms with van der Waals surface area (Å²) in [6.07, 6.45) is 1.84. The second-order valence-electron chi connectivity index (χ2n) is 3.17. The van der Waals surface area contributed by atoms with Crippen molar-refractivity contribution >= 4 is 5.78 Å². The van der Waals surface area contributed by atoms with E-state index < -0.39 is 0 Å². The van der Waals surface area contributed by atoms with E-state index in [2.05, 4.69) is 0 Å². The molecule has 0 amide bonds. The Hall–Kier alpha value is -1.37. The molecule has 0 spiro atoms. The molecule has 0 radical (unpaired) electrons. The number of benzene rings is 1. The molecule has 1 nitrogen and oxygen atoms in total. The predicted molar refractivity (Wildman–Crippen MR) is 54.9 cm³/mol. The number of rotatable bonds is 2. The molecule has 1 rings (SSSR count). The van der Waals surface area contributed by atoms with Crippen molar-refractivity contribution in [2.24, 2.45) is 0 Å². The van der Waals surface area contributed by atoms with Gasteiger partial charge in [-0.2, -0.15) is 0 Å². The van der Waals surface area contributed by atoms with Crippen LogP contribution in [0, 0.1) is 6.92 Å². The number of carbonyl (C=O) groups is 1. The predicted octanol–water partition coefficient (Wildman–Crippen LogP) is 3.14. The van der Waals surface area contributed by atoms with Crippen molar-refractivity contribution in [1.82, 2.24) is 0 Å². The second kappa shape index (κ2) is 4.04. The van der Waals surface area contributed by atoms with Gasteiger partial charge in [0.25, 0.3) is 0 Å². The highest BCUT2D eigenvalue weighted by molar-refractivity contribution is 6.08. The molecular formula is C12H14O. The highest BCUT2D eigenvalue weighted by Gasteiger charge is 2.06. The van der Waals surface area contributed by atoms with Crippen molar-refractivity contribution in [3.63, 3.8) is 0 Å². The van der Waals surface area contributed by atoms with Gasteiger partial charge in [-0.25, -0.2) is 0 Å². The molecule has 0 saturated heterocycles. The van der Waals surface area contributed by atoms with Gasteiger partial charge in [-0.15, -0.1) is 0 Å². The van der Waals surface area contributed by atoms with Crippen molar-refractivity contribution in [3.05, 3.63) is 47.0 Å². The Morgan fingerprint density at radius 1 is 1.38 bits per heavy atom. The minimum atomic E-state index is 0.117. The number of aryl methyl sites for hydroxylation is 1. The van der Waals surface area contributed by atoms with Crippen LogP contribution >= 0.6 is 0 Å². The monoisotopic (exact) mass is 174 g/mol. The molecule has 0 saturated carbocycles. The summed E-state index contributed by atoms with van der Waals surface area (Å²) < 4.78 is 0. The Kier molecular flexibility index (Phi) is 3.02. The van der Waals surface area contributed by atoms with Crippen LogP contribution in [0.1, 0.15) is 29.8 Å². The molecule has 0 aliphatic rings. The lowest BCUT2D eigenvalue weighted by molar-refractivity contribution is 0.103. The van der Waals surface area contributed by atoms with Gasteiger partial charge in [0.2, 0.25) is 0 Å². The van der Waals surface area contributed by atoms with Gasteiger partial charge in [0, 0.05) is 5.56 Å². The summed E-state index contributed by atoms with van der Waals surface area (Å²) in [4.78, 5) is 11.7. The quantitative estimate of drug-likeness (QED) is 0.497. The first-order valence-corrected chi connectivity index (χ1v) is 4.39. The molecule has 0 heterocycles. The topological polar surface area (TPSA) is 17.1 Å². The Balaban J connectivity index is 3.03. The molecule has 68 valence electrons. The maximum absolute atomic E-state index is 11.7. The average Bonchev–Trinajstić information content (AvgIpc) is 2.15. The zero-order valence-corrected chi connectivity index (χ0v) is 8.29. The van der Waals surface area contributed by atoms with Crippen molar-refractivity contribution in [3.8, 4) is 0 Å². The van der Waals surface area contributed by atoms with E-state index in [4.69, 9.17) is 0 Å². The maximum atomic E-state index is 11.7. The van der Waals surface area contributed by atoms with Gasteiger partial charge in [0.1, 0.15) is 0 Å². The lowest BCUT2D eigenvalue weighted by Gasteiger charge is -2.01. The zero-order chi connectivity index (χ0) is 9.84. The van der Waals surface area contributed by atoms with E-state index in [1.54, 1.807) is 0 Å². The van der Waals surface area contributed by atoms with E-state index in [9.17, 15) is 4.79 Å². The number of Topliss-reactive ketones (excluding diaryl/α,β-unsaturated/α-hetero) is 1. The summed E-state index contributed by atoms with van der Waals surface area (Å²) in [6, 6.07) is 7.66. The first-order valence-electron chi connectivity index (χ1n) is 4.39. The van der Waals surface area contributed by atoms with Crippen molar-refractivity contribution in [1.29, 1.82) is 0 Å². The molecule has 13 heavy (non-hydrogen) atoms. The SMILES string of the molecule is CC=C(C)C(=O)c1cccc(C)c1. The van der Waals surface area contributed by atoms with Crippen LogP contribution in [0.3, 0.4) is 0 Å². The molecule has 0 aliphatic carbocycles. The van der Waals surface area contributed by atoms with E-state index in [1.807, 2.05) is 51.1 Å². The molecule has 0 fully saturated rings. The third-order valence-electron chi connectivity index (χ3n) is 2.07. The van der Waals surface area contributed by atoms with Gasteiger partial charge in [0.05, 0.1) is 0 Å². The van der Waals surface area contributed by atoms with Crippen LogP contribution in [0.4, 0.5) is 0 Å². The minimum absolute atomic E-state index is 0.117. The highest BCUT2D eigenvalue weighted by atomic mass is 16.1. The van der Waals surface area contributed by atoms with Crippen LogP contribution in [-0.4, -0.2) is 5.78 Å². The second-order valence-corrected chi connectivity index (χ2v) is 3.17. The Morgan fingerprint density at radius 2 is 2.08 bits per heavy atom. The van der Waals surface area contributed by atoms with Crippen LogP contribution in [0.15, 0.2) is 35.9 Å². The summed E-state index contributed by atoms with van der Waals surface area (Å²) in [7, 11) is 0. The van der Waals surface area contributed by atoms with Crippen LogP contribution in [-0.2, 0) is 0 Å². The molecule has 0 bridgehead atoms. The fourth-order valence-corrected chi connectivity index (χ4v) is 1.15. The van der Waals surface area contributed by atoms with Crippen molar-refractivity contribution in [2.45, 2.75) is 20.8 Å². The Morgan fingerprint density at radius 3 is 2.62 bits per heavy atom. The molecule has 0 aliphatic heterocycles. The van der Waals surface area contributed by atoms with Crippen LogP contribution in [0.25, 0.3) is 0 Å². The van der Waals surface area contributed by atoms with Crippen LogP contribution in [0.2, 0.25) is 0 Å². The van der Waals surface area contributed by atoms with E-state index in [1.165, 1.54) is 0 Å². The van der Waals surface area contributed by atoms with Crippen LogP contribution in [0.5, 0.6) is 0 Å². The van der Waals surface area contributed by atoms with E-state index in [-0.39, 0.29) is 5.78 Å². The van der Waals surface area contributed by atoms with E-state index in [0.29, 0.717) is 0 Å². The smallest absolute Gasteiger partial charge is 0.188 e. The van der Waals surface area contributed by atoms with Crippen molar-refractivity contribution in [2.75, 3.05) is 0 Å². The molecule has 1 heteroatoms. The fourth-order valence-electron chi connectivity index (χ4n) is 1.15. The molecular weight excluding hydrogens is 160 g/mol. The van der Waals surface area contributed by atoms with E-state index >= 15 is 0 Å². The van der Waals surface area contributed by atoms with Gasteiger partial charge < -0.3 is 0 Å². The molecule has 0 unspecified atom stereocenters. The zero-order valence-electron chi connectivity index (χ0n) is 8.29. The molecule has 0 aromatic heterocycles. The largest absolute Gasteiger partial charge is 0.289 e. The Bertz CT molecular complexity index is 348. The highest BCUT2D eigenvalue weighted by Crippen LogP contribution is 2.09. The van der Waals surface area contributed by atoms with Gasteiger partial charge in [-0.05, 0) is 32.4 Å². The minimum Gasteiger partial charge on any atom is -0.289 e. The summed E-state index contributed by atoms with van der Waals surface area (Å²) in [5.74, 6) is 0.117. The maximum Gasteiger partial charge on any atom is 0.188 e.